The highest BCUT2D eigenvalue weighted by molar-refractivity contribution is 7.89. The number of carbonyl (C=O) groups is 1. The van der Waals surface area contributed by atoms with Gasteiger partial charge < -0.3 is 4.90 Å². The summed E-state index contributed by atoms with van der Waals surface area (Å²) in [7, 11) is -3.70. The standard InChI is InChI=1S/C21H26N2O3S/c1-16-11-12-19(27(25,26)22-15-18-9-4-3-5-10-18)14-20(16)21(24)23-13-7-6-8-17(23)2/h3-5,9-12,14,17,22H,6-8,13,15H2,1-2H3. The molecule has 1 aliphatic heterocycles. The lowest BCUT2D eigenvalue weighted by atomic mass is 10.0. The monoisotopic (exact) mass is 386 g/mol. The highest BCUT2D eigenvalue weighted by atomic mass is 32.2. The van der Waals surface area contributed by atoms with Crippen LogP contribution in [-0.4, -0.2) is 31.8 Å². The maximum Gasteiger partial charge on any atom is 0.254 e. The van der Waals surface area contributed by atoms with E-state index in [9.17, 15) is 13.2 Å². The molecular formula is C21H26N2O3S. The average molecular weight is 387 g/mol. The highest BCUT2D eigenvalue weighted by Gasteiger charge is 2.26. The molecule has 0 saturated carbocycles. The first kappa shape index (κ1) is 19.6. The van der Waals surface area contributed by atoms with Gasteiger partial charge in [0.15, 0.2) is 0 Å². The Bertz CT molecular complexity index is 910. The maximum atomic E-state index is 13.0. The van der Waals surface area contributed by atoms with Crippen molar-refractivity contribution in [2.45, 2.75) is 50.6 Å². The van der Waals surface area contributed by atoms with E-state index in [0.717, 1.165) is 36.9 Å². The molecule has 2 aromatic carbocycles. The van der Waals surface area contributed by atoms with E-state index in [0.29, 0.717) is 5.56 Å². The van der Waals surface area contributed by atoms with Crippen LogP contribution in [0.15, 0.2) is 53.4 Å². The van der Waals surface area contributed by atoms with Crippen LogP contribution in [0.2, 0.25) is 0 Å². The van der Waals surface area contributed by atoms with Crippen LogP contribution < -0.4 is 4.72 Å². The van der Waals surface area contributed by atoms with Crippen molar-refractivity contribution in [2.75, 3.05) is 6.54 Å². The van der Waals surface area contributed by atoms with E-state index in [2.05, 4.69) is 11.6 Å². The Morgan fingerprint density at radius 1 is 1.15 bits per heavy atom. The largest absolute Gasteiger partial charge is 0.336 e. The molecule has 1 atom stereocenters. The Balaban J connectivity index is 1.82. The number of rotatable bonds is 5. The molecule has 0 spiro atoms. The van der Waals surface area contributed by atoms with Gasteiger partial charge in [-0.2, -0.15) is 0 Å². The van der Waals surface area contributed by atoms with Crippen molar-refractivity contribution < 1.29 is 13.2 Å². The molecule has 1 aliphatic rings. The molecule has 144 valence electrons. The number of hydrogen-bond acceptors (Lipinski definition) is 3. The van der Waals surface area contributed by atoms with E-state index in [-0.39, 0.29) is 23.4 Å². The first-order valence-electron chi connectivity index (χ1n) is 9.34. The van der Waals surface area contributed by atoms with Crippen LogP contribution >= 0.6 is 0 Å². The van der Waals surface area contributed by atoms with Crippen LogP contribution in [0.4, 0.5) is 0 Å². The summed E-state index contributed by atoms with van der Waals surface area (Å²) in [5.74, 6) is -0.0835. The second-order valence-corrected chi connectivity index (χ2v) is 8.90. The molecule has 2 aromatic rings. The summed E-state index contributed by atoms with van der Waals surface area (Å²) in [5.41, 5.74) is 2.14. The van der Waals surface area contributed by atoms with E-state index >= 15 is 0 Å². The minimum absolute atomic E-state index is 0.0835. The molecule has 0 radical (unpaired) electrons. The quantitative estimate of drug-likeness (QED) is 0.855. The minimum Gasteiger partial charge on any atom is -0.336 e. The fourth-order valence-corrected chi connectivity index (χ4v) is 4.45. The molecule has 0 aromatic heterocycles. The summed E-state index contributed by atoms with van der Waals surface area (Å²) in [4.78, 5) is 15.0. The molecular weight excluding hydrogens is 360 g/mol. The molecule has 1 saturated heterocycles. The van der Waals surface area contributed by atoms with E-state index in [1.165, 1.54) is 6.07 Å². The van der Waals surface area contributed by atoms with E-state index in [1.807, 2.05) is 42.2 Å². The third kappa shape index (κ3) is 4.57. The number of hydrogen-bond donors (Lipinski definition) is 1. The van der Waals surface area contributed by atoms with Crippen molar-refractivity contribution >= 4 is 15.9 Å². The fourth-order valence-electron chi connectivity index (χ4n) is 3.41. The zero-order valence-electron chi connectivity index (χ0n) is 15.8. The number of nitrogens with zero attached hydrogens (tertiary/aromatic N) is 1. The minimum atomic E-state index is -3.70. The molecule has 1 heterocycles. The van der Waals surface area contributed by atoms with Crippen molar-refractivity contribution in [3.63, 3.8) is 0 Å². The summed E-state index contributed by atoms with van der Waals surface area (Å²) >= 11 is 0. The maximum absolute atomic E-state index is 13.0. The first-order chi connectivity index (χ1) is 12.9. The van der Waals surface area contributed by atoms with Gasteiger partial charge in [0.2, 0.25) is 10.0 Å². The lowest BCUT2D eigenvalue weighted by molar-refractivity contribution is 0.0634. The summed E-state index contributed by atoms with van der Waals surface area (Å²) in [6.07, 6.45) is 3.11. The fraction of sp³-hybridized carbons (Fsp3) is 0.381. The zero-order chi connectivity index (χ0) is 19.4. The normalized spacial score (nSPS) is 17.7. The van der Waals surface area contributed by atoms with E-state index in [1.54, 1.807) is 12.1 Å². The van der Waals surface area contributed by atoms with E-state index in [4.69, 9.17) is 0 Å². The van der Waals surface area contributed by atoms with Gasteiger partial charge in [-0.1, -0.05) is 36.4 Å². The Labute approximate surface area is 161 Å². The molecule has 27 heavy (non-hydrogen) atoms. The number of nitrogens with one attached hydrogen (secondary N) is 1. The predicted molar refractivity (Wildman–Crippen MR) is 106 cm³/mol. The second-order valence-electron chi connectivity index (χ2n) is 7.13. The van der Waals surface area contributed by atoms with Crippen molar-refractivity contribution in [1.82, 2.24) is 9.62 Å². The number of carbonyl (C=O) groups excluding carboxylic acids is 1. The third-order valence-electron chi connectivity index (χ3n) is 5.12. The van der Waals surface area contributed by atoms with Gasteiger partial charge in [-0.25, -0.2) is 13.1 Å². The molecule has 3 rings (SSSR count). The summed E-state index contributed by atoms with van der Waals surface area (Å²) in [6, 6.07) is 14.3. The van der Waals surface area contributed by atoms with Crippen LogP contribution in [0.1, 0.15) is 47.7 Å². The lowest BCUT2D eigenvalue weighted by Gasteiger charge is -2.34. The van der Waals surface area contributed by atoms with Crippen molar-refractivity contribution in [3.8, 4) is 0 Å². The number of amides is 1. The van der Waals surface area contributed by atoms with Gasteiger partial charge in [-0.3, -0.25) is 4.79 Å². The number of benzene rings is 2. The van der Waals surface area contributed by atoms with Gasteiger partial charge in [0, 0.05) is 24.7 Å². The smallest absolute Gasteiger partial charge is 0.254 e. The molecule has 1 N–H and O–H groups in total. The van der Waals surface area contributed by atoms with Crippen molar-refractivity contribution in [3.05, 3.63) is 65.2 Å². The van der Waals surface area contributed by atoms with Crippen LogP contribution in [0.5, 0.6) is 0 Å². The summed E-state index contributed by atoms with van der Waals surface area (Å²) in [6.45, 7) is 4.83. The predicted octanol–water partition coefficient (Wildman–Crippen LogP) is 3.49. The van der Waals surface area contributed by atoms with Gasteiger partial charge in [0.25, 0.3) is 5.91 Å². The van der Waals surface area contributed by atoms with Crippen LogP contribution in [0, 0.1) is 6.92 Å². The average Bonchev–Trinajstić information content (AvgIpc) is 2.67. The number of piperidine rings is 1. The van der Waals surface area contributed by atoms with Crippen LogP contribution in [0.3, 0.4) is 0 Å². The Kier molecular flexibility index (Phi) is 5.97. The Morgan fingerprint density at radius 2 is 1.89 bits per heavy atom. The SMILES string of the molecule is Cc1ccc(S(=O)(=O)NCc2ccccc2)cc1C(=O)N1CCCCC1C. The number of aryl methyl sites for hydroxylation is 1. The van der Waals surface area contributed by atoms with Gasteiger partial charge in [-0.05, 0) is 56.4 Å². The topological polar surface area (TPSA) is 66.5 Å². The number of sulfonamides is 1. The van der Waals surface area contributed by atoms with Crippen LogP contribution in [-0.2, 0) is 16.6 Å². The zero-order valence-corrected chi connectivity index (χ0v) is 16.6. The molecule has 0 bridgehead atoms. The van der Waals surface area contributed by atoms with Gasteiger partial charge >= 0.3 is 0 Å². The molecule has 6 heteroatoms. The van der Waals surface area contributed by atoms with Gasteiger partial charge in [0.1, 0.15) is 0 Å². The summed E-state index contributed by atoms with van der Waals surface area (Å²) in [5, 5.41) is 0. The second kappa shape index (κ2) is 8.23. The summed E-state index contributed by atoms with van der Waals surface area (Å²) < 4.78 is 28.0. The lowest BCUT2D eigenvalue weighted by Crippen LogP contribution is -2.42. The molecule has 1 fully saturated rings. The molecule has 1 unspecified atom stereocenters. The Morgan fingerprint density at radius 3 is 2.59 bits per heavy atom. The number of likely N-dealkylation sites (tertiary alicyclic amines) is 1. The van der Waals surface area contributed by atoms with Crippen molar-refractivity contribution in [1.29, 1.82) is 0 Å². The molecule has 0 aliphatic carbocycles. The third-order valence-corrected chi connectivity index (χ3v) is 6.52. The van der Waals surface area contributed by atoms with E-state index < -0.39 is 10.0 Å². The first-order valence-corrected chi connectivity index (χ1v) is 10.8. The Hall–Kier alpha value is -2.18. The highest BCUT2D eigenvalue weighted by Crippen LogP contribution is 2.23. The van der Waals surface area contributed by atoms with Gasteiger partial charge in [-0.15, -0.1) is 0 Å². The molecule has 1 amide bonds. The van der Waals surface area contributed by atoms with Crippen LogP contribution in [0.25, 0.3) is 0 Å². The van der Waals surface area contributed by atoms with Crippen molar-refractivity contribution in [2.24, 2.45) is 0 Å². The van der Waals surface area contributed by atoms with Gasteiger partial charge in [0.05, 0.1) is 4.90 Å². The molecule has 5 nitrogen and oxygen atoms in total.